The SMILES string of the molecule is CCc1cnc(CNC(=O)CNc2ccccc2)o1.Cl. The Labute approximate surface area is 124 Å². The molecule has 0 aliphatic heterocycles. The lowest BCUT2D eigenvalue weighted by molar-refractivity contribution is -0.119. The van der Waals surface area contributed by atoms with Gasteiger partial charge in [-0.2, -0.15) is 0 Å². The van der Waals surface area contributed by atoms with Crippen molar-refractivity contribution in [1.82, 2.24) is 10.3 Å². The number of amides is 1. The standard InChI is InChI=1S/C14H17N3O2.ClH/c1-2-12-8-17-14(19-12)10-16-13(18)9-15-11-6-4-3-5-7-11;/h3-8,15H,2,9-10H2,1H3,(H,16,18);1H. The summed E-state index contributed by atoms with van der Waals surface area (Å²) in [7, 11) is 0. The first-order valence-corrected chi connectivity index (χ1v) is 6.27. The molecule has 2 rings (SSSR count). The summed E-state index contributed by atoms with van der Waals surface area (Å²) in [5.74, 6) is 1.26. The zero-order chi connectivity index (χ0) is 13.5. The van der Waals surface area contributed by atoms with Crippen LogP contribution in [0.15, 0.2) is 40.9 Å². The number of rotatable bonds is 6. The fourth-order valence-electron chi connectivity index (χ4n) is 1.57. The average Bonchev–Trinajstić information content (AvgIpc) is 2.92. The largest absolute Gasteiger partial charge is 0.444 e. The van der Waals surface area contributed by atoms with Crippen LogP contribution in [-0.2, 0) is 17.8 Å². The number of carbonyl (C=O) groups is 1. The van der Waals surface area contributed by atoms with Gasteiger partial charge in [0.15, 0.2) is 0 Å². The van der Waals surface area contributed by atoms with Gasteiger partial charge < -0.3 is 15.1 Å². The van der Waals surface area contributed by atoms with Crippen molar-refractivity contribution in [1.29, 1.82) is 0 Å². The second-order valence-corrected chi connectivity index (χ2v) is 4.07. The summed E-state index contributed by atoms with van der Waals surface area (Å²) in [4.78, 5) is 15.7. The molecule has 1 heterocycles. The van der Waals surface area contributed by atoms with Gasteiger partial charge in [-0.1, -0.05) is 25.1 Å². The highest BCUT2D eigenvalue weighted by Crippen LogP contribution is 2.05. The third kappa shape index (κ3) is 4.93. The van der Waals surface area contributed by atoms with E-state index in [0.29, 0.717) is 12.4 Å². The lowest BCUT2D eigenvalue weighted by atomic mass is 10.3. The van der Waals surface area contributed by atoms with Gasteiger partial charge >= 0.3 is 0 Å². The van der Waals surface area contributed by atoms with E-state index in [0.717, 1.165) is 17.9 Å². The Hall–Kier alpha value is -2.01. The van der Waals surface area contributed by atoms with Crippen LogP contribution in [0, 0.1) is 0 Å². The average molecular weight is 296 g/mol. The Morgan fingerprint density at radius 3 is 2.70 bits per heavy atom. The summed E-state index contributed by atoms with van der Waals surface area (Å²) < 4.78 is 5.40. The van der Waals surface area contributed by atoms with E-state index in [1.807, 2.05) is 37.3 Å². The van der Waals surface area contributed by atoms with Gasteiger partial charge in [-0.05, 0) is 12.1 Å². The molecule has 0 spiro atoms. The normalized spacial score (nSPS) is 9.65. The van der Waals surface area contributed by atoms with Crippen LogP contribution in [0.3, 0.4) is 0 Å². The molecule has 0 bridgehead atoms. The molecule has 0 fully saturated rings. The first kappa shape index (κ1) is 16.0. The number of nitrogens with one attached hydrogen (secondary N) is 2. The van der Waals surface area contributed by atoms with Gasteiger partial charge in [-0.25, -0.2) is 4.98 Å². The highest BCUT2D eigenvalue weighted by molar-refractivity contribution is 5.85. The second kappa shape index (κ2) is 8.22. The Morgan fingerprint density at radius 1 is 1.30 bits per heavy atom. The molecule has 1 amide bonds. The minimum Gasteiger partial charge on any atom is -0.444 e. The number of para-hydroxylation sites is 1. The Bertz CT molecular complexity index is 528. The highest BCUT2D eigenvalue weighted by atomic mass is 35.5. The van der Waals surface area contributed by atoms with Crippen molar-refractivity contribution < 1.29 is 9.21 Å². The molecule has 108 valence electrons. The van der Waals surface area contributed by atoms with Crippen LogP contribution in [-0.4, -0.2) is 17.4 Å². The first-order valence-electron chi connectivity index (χ1n) is 6.27. The molecule has 20 heavy (non-hydrogen) atoms. The van der Waals surface area contributed by atoms with Crippen LogP contribution in [0.25, 0.3) is 0 Å². The topological polar surface area (TPSA) is 67.2 Å². The van der Waals surface area contributed by atoms with Gasteiger partial charge in [0, 0.05) is 12.1 Å². The number of hydrogen-bond acceptors (Lipinski definition) is 4. The van der Waals surface area contributed by atoms with Crippen LogP contribution >= 0.6 is 12.4 Å². The van der Waals surface area contributed by atoms with Crippen molar-refractivity contribution in [3.8, 4) is 0 Å². The van der Waals surface area contributed by atoms with E-state index in [2.05, 4.69) is 15.6 Å². The number of aromatic nitrogens is 1. The second-order valence-electron chi connectivity index (χ2n) is 4.07. The van der Waals surface area contributed by atoms with Crippen LogP contribution in [0.5, 0.6) is 0 Å². The lowest BCUT2D eigenvalue weighted by Gasteiger charge is -2.06. The van der Waals surface area contributed by atoms with Gasteiger partial charge in [-0.3, -0.25) is 4.79 Å². The number of oxazole rings is 1. The van der Waals surface area contributed by atoms with Crippen LogP contribution in [0.4, 0.5) is 5.69 Å². The Morgan fingerprint density at radius 2 is 2.05 bits per heavy atom. The van der Waals surface area contributed by atoms with Crippen molar-refractivity contribution in [2.45, 2.75) is 19.9 Å². The summed E-state index contributed by atoms with van der Waals surface area (Å²) in [5.41, 5.74) is 0.919. The fourth-order valence-corrected chi connectivity index (χ4v) is 1.57. The lowest BCUT2D eigenvalue weighted by Crippen LogP contribution is -2.29. The van der Waals surface area contributed by atoms with E-state index in [1.54, 1.807) is 6.20 Å². The maximum atomic E-state index is 11.6. The number of aryl methyl sites for hydroxylation is 1. The molecule has 0 saturated heterocycles. The zero-order valence-corrected chi connectivity index (χ0v) is 12.1. The van der Waals surface area contributed by atoms with E-state index in [-0.39, 0.29) is 24.9 Å². The Balaban J connectivity index is 0.00000200. The predicted molar refractivity (Wildman–Crippen MR) is 79.9 cm³/mol. The quantitative estimate of drug-likeness (QED) is 0.859. The summed E-state index contributed by atoms with van der Waals surface area (Å²) in [6, 6.07) is 9.58. The predicted octanol–water partition coefficient (Wildman–Crippen LogP) is 2.39. The first-order chi connectivity index (χ1) is 9.28. The van der Waals surface area contributed by atoms with Gasteiger partial charge in [0.1, 0.15) is 5.76 Å². The van der Waals surface area contributed by atoms with Crippen molar-refractivity contribution in [2.75, 3.05) is 11.9 Å². The van der Waals surface area contributed by atoms with Crippen molar-refractivity contribution in [2.24, 2.45) is 0 Å². The van der Waals surface area contributed by atoms with Crippen LogP contribution in [0.2, 0.25) is 0 Å². The van der Waals surface area contributed by atoms with E-state index in [1.165, 1.54) is 0 Å². The molecule has 1 aromatic carbocycles. The molecule has 0 atom stereocenters. The summed E-state index contributed by atoms with van der Waals surface area (Å²) >= 11 is 0. The number of halogens is 1. The van der Waals surface area contributed by atoms with Crippen molar-refractivity contribution in [3.63, 3.8) is 0 Å². The number of benzene rings is 1. The third-order valence-corrected chi connectivity index (χ3v) is 2.61. The van der Waals surface area contributed by atoms with Crippen molar-refractivity contribution in [3.05, 3.63) is 48.2 Å². The molecule has 2 N–H and O–H groups in total. The van der Waals surface area contributed by atoms with Gasteiger partial charge in [0.25, 0.3) is 0 Å². The molecule has 0 radical (unpaired) electrons. The number of anilines is 1. The smallest absolute Gasteiger partial charge is 0.239 e. The number of carbonyl (C=O) groups excluding carboxylic acids is 1. The molecule has 0 aliphatic rings. The summed E-state index contributed by atoms with van der Waals surface area (Å²) in [6.07, 6.45) is 2.49. The molecule has 0 saturated carbocycles. The van der Waals surface area contributed by atoms with E-state index >= 15 is 0 Å². The van der Waals surface area contributed by atoms with E-state index < -0.39 is 0 Å². The van der Waals surface area contributed by atoms with Crippen LogP contribution < -0.4 is 10.6 Å². The molecule has 5 nitrogen and oxygen atoms in total. The van der Waals surface area contributed by atoms with Gasteiger partial charge in [-0.15, -0.1) is 12.4 Å². The molecule has 2 aromatic rings. The summed E-state index contributed by atoms with van der Waals surface area (Å²) in [6.45, 7) is 2.54. The number of nitrogens with zero attached hydrogens (tertiary/aromatic N) is 1. The van der Waals surface area contributed by atoms with E-state index in [4.69, 9.17) is 4.42 Å². The minimum atomic E-state index is -0.0971. The highest BCUT2D eigenvalue weighted by Gasteiger charge is 2.05. The van der Waals surface area contributed by atoms with Crippen LogP contribution in [0.1, 0.15) is 18.6 Å². The summed E-state index contributed by atoms with van der Waals surface area (Å²) in [5, 5.41) is 5.78. The maximum absolute atomic E-state index is 11.6. The van der Waals surface area contributed by atoms with Gasteiger partial charge in [0.05, 0.1) is 19.3 Å². The molecule has 0 unspecified atom stereocenters. The van der Waals surface area contributed by atoms with Crippen molar-refractivity contribution >= 4 is 24.0 Å². The molecule has 1 aromatic heterocycles. The molecule has 0 aliphatic carbocycles. The monoisotopic (exact) mass is 295 g/mol. The zero-order valence-electron chi connectivity index (χ0n) is 11.3. The third-order valence-electron chi connectivity index (χ3n) is 2.61. The molecule has 6 heteroatoms. The Kier molecular flexibility index (Phi) is 6.59. The number of hydrogen-bond donors (Lipinski definition) is 2. The molecular formula is C14H18ClN3O2. The minimum absolute atomic E-state index is 0. The maximum Gasteiger partial charge on any atom is 0.239 e. The van der Waals surface area contributed by atoms with E-state index in [9.17, 15) is 4.79 Å². The van der Waals surface area contributed by atoms with Gasteiger partial charge in [0.2, 0.25) is 11.8 Å². The molecular weight excluding hydrogens is 278 g/mol. The fraction of sp³-hybridized carbons (Fsp3) is 0.286.